The monoisotopic (exact) mass is 1120 g/mol. The molecule has 5 aromatic heterocycles. The molecule has 0 saturated carbocycles. The maximum absolute atomic E-state index is 8.78. The van der Waals surface area contributed by atoms with Crippen molar-refractivity contribution in [3.8, 4) is 50.9 Å². The molecule has 0 atom stereocenters. The number of fused-ring (bicyclic) bond motifs is 10. The van der Waals surface area contributed by atoms with Gasteiger partial charge < -0.3 is 4.40 Å². The maximum atomic E-state index is 8.78. The third-order valence-electron chi connectivity index (χ3n) is 14.5. The number of aryl methyl sites for hydroxylation is 2. The summed E-state index contributed by atoms with van der Waals surface area (Å²) in [7, 11) is 0. The Labute approximate surface area is 437 Å². The van der Waals surface area contributed by atoms with Gasteiger partial charge in [-0.15, -0.1) is 0 Å². The molecule has 0 aliphatic heterocycles. The minimum atomic E-state index is -2.52. The zero-order valence-electron chi connectivity index (χ0n) is 43.4. The molecule has 0 unspecified atom stereocenters. The van der Waals surface area contributed by atoms with Gasteiger partial charge in [0.15, 0.2) is 0 Å². The molecule has 9 aromatic carbocycles. The average molecular weight is 1120 g/mol. The Balaban J connectivity index is 0.970. The van der Waals surface area contributed by atoms with Gasteiger partial charge in [0.1, 0.15) is 0 Å². The molecule has 73 heavy (non-hydrogen) atoms. The third-order valence-corrected chi connectivity index (χ3v) is 15.6. The van der Waals surface area contributed by atoms with Gasteiger partial charge in [-0.3, -0.25) is 0 Å². The smallest absolute Gasteiger partial charge is 0.0459 e. The summed E-state index contributed by atoms with van der Waals surface area (Å²) in [4.78, 5) is 4.93. The first kappa shape index (κ1) is 40.3. The summed E-state index contributed by atoms with van der Waals surface area (Å²) in [6.07, 6.45) is 1.83. The van der Waals surface area contributed by atoms with E-state index >= 15 is 0 Å². The van der Waals surface area contributed by atoms with Crippen LogP contribution in [0.2, 0.25) is 0 Å². The average Bonchev–Trinajstić information content (AvgIpc) is 4.14. The van der Waals surface area contributed by atoms with Gasteiger partial charge >= 0.3 is 330 Å². The second kappa shape index (κ2) is 16.4. The number of para-hydroxylation sites is 4. The SMILES string of the molecule is [2H]C([2H])([2H])c1ccc(-n2[c](=[Pt])n(-c3c(-c4ccccc4)cc(C(C)(C)C)cc3-c3ccccc3)c3ccccc32)[c-]c1Oc1[c-]c2c(cc1)c1cc3c4cccc5c6ccccc6n(c3cc1n2-c1cc(C)ccn1)c54. The van der Waals surface area contributed by atoms with Gasteiger partial charge in [0.25, 0.3) is 0 Å². The van der Waals surface area contributed by atoms with E-state index < -0.39 is 6.85 Å². The van der Waals surface area contributed by atoms with Crippen LogP contribution in [0, 0.1) is 29.7 Å². The van der Waals surface area contributed by atoms with Gasteiger partial charge in [0.05, 0.1) is 16.6 Å². The summed E-state index contributed by atoms with van der Waals surface area (Å²) in [6, 6.07) is 72.6. The minimum Gasteiger partial charge on any atom is -0.0459 e. The fourth-order valence-corrected chi connectivity index (χ4v) is 12.2. The number of hydrogen-bond donors (Lipinski definition) is 0. The van der Waals surface area contributed by atoms with Crippen LogP contribution in [0.5, 0.6) is 11.5 Å². The molecule has 0 N–H and O–H groups in total. The topological polar surface area (TPSA) is 41.3 Å². The van der Waals surface area contributed by atoms with Crippen molar-refractivity contribution in [3.63, 3.8) is 0 Å². The summed E-state index contributed by atoms with van der Waals surface area (Å²) < 4.78 is 43.0. The first-order valence-corrected chi connectivity index (χ1v) is 25.7. The van der Waals surface area contributed by atoms with Crippen LogP contribution in [0.4, 0.5) is 0 Å². The van der Waals surface area contributed by atoms with Crippen molar-refractivity contribution in [2.75, 3.05) is 0 Å². The molecule has 5 heterocycles. The second-order valence-electron chi connectivity index (χ2n) is 20.0. The first-order valence-electron chi connectivity index (χ1n) is 26.0. The van der Waals surface area contributed by atoms with Gasteiger partial charge in [0.2, 0.25) is 0 Å². The molecule has 0 fully saturated rings. The predicted molar refractivity (Wildman–Crippen MR) is 296 cm³/mol. The van der Waals surface area contributed by atoms with Crippen LogP contribution in [-0.4, -0.2) is 23.1 Å². The van der Waals surface area contributed by atoms with E-state index in [4.69, 9.17) is 13.8 Å². The van der Waals surface area contributed by atoms with Crippen molar-refractivity contribution in [1.82, 2.24) is 23.1 Å². The molecule has 0 radical (unpaired) electrons. The molecule has 0 aliphatic carbocycles. The van der Waals surface area contributed by atoms with Gasteiger partial charge in [-0.2, -0.15) is 0 Å². The van der Waals surface area contributed by atoms with Crippen molar-refractivity contribution in [2.45, 2.75) is 40.0 Å². The zero-order valence-corrected chi connectivity index (χ0v) is 42.7. The van der Waals surface area contributed by atoms with Crippen LogP contribution in [-0.2, 0) is 24.8 Å². The normalized spacial score (nSPS) is 13.0. The molecule has 7 heteroatoms. The molecular formula is C66H47N5OPt-2. The third kappa shape index (κ3) is 6.74. The fraction of sp³-hybridized carbons (Fsp3) is 0.0909. The quantitative estimate of drug-likeness (QED) is 0.149. The molecule has 14 rings (SSSR count). The van der Waals surface area contributed by atoms with Crippen LogP contribution in [0.3, 0.4) is 0 Å². The standard InChI is InChI=1S/C66H47N5O.Pt/c1-41-31-32-67-63(33-41)70-59-37-47(29-30-49(59)54-38-55-51-23-16-22-50-48-21-12-13-24-56(48)71(65(50)51)61(55)39-60(54)70)72-62-36-46(28-27-42(62)2)68-40-69(58-26-15-14-25-57(58)68)64-52(43-17-8-6-9-18-43)34-45(66(3,4)5)35-53(64)44-19-10-7-11-20-44;/h6-35,38-39H,1-5H3;/q-2;/i2D3;. The zero-order chi connectivity index (χ0) is 51.8. The molecular weight excluding hydrogens is 1070 g/mol. The summed E-state index contributed by atoms with van der Waals surface area (Å²) in [5, 5.41) is 6.82. The van der Waals surface area contributed by atoms with E-state index in [0.717, 1.165) is 92.4 Å². The van der Waals surface area contributed by atoms with Gasteiger partial charge in [-0.05, 0) is 24.6 Å². The molecule has 354 valence electrons. The number of nitrogens with zero attached hydrogens (tertiary/aromatic N) is 5. The number of imidazole rings is 1. The molecule has 0 bridgehead atoms. The first-order chi connectivity index (χ1) is 36.8. The number of ether oxygens (including phenoxy) is 1. The van der Waals surface area contributed by atoms with Crippen molar-refractivity contribution in [3.05, 3.63) is 227 Å². The van der Waals surface area contributed by atoms with E-state index in [1.54, 1.807) is 6.07 Å². The van der Waals surface area contributed by atoms with Crippen molar-refractivity contribution >= 4 is 70.9 Å². The summed E-state index contributed by atoms with van der Waals surface area (Å²) in [5.41, 5.74) is 15.3. The van der Waals surface area contributed by atoms with Crippen molar-refractivity contribution in [1.29, 1.82) is 0 Å². The van der Waals surface area contributed by atoms with E-state index in [1.807, 2.05) is 30.5 Å². The molecule has 0 spiro atoms. The predicted octanol–water partition coefficient (Wildman–Crippen LogP) is 16.8. The second-order valence-corrected chi connectivity index (χ2v) is 21.1. The van der Waals surface area contributed by atoms with Gasteiger partial charge in [0, 0.05) is 27.7 Å². The Morgan fingerprint density at radius 3 is 1.89 bits per heavy atom. The molecule has 14 aromatic rings. The number of benzene rings is 9. The van der Waals surface area contributed by atoms with E-state index in [2.05, 4.69) is 235 Å². The van der Waals surface area contributed by atoms with E-state index in [-0.39, 0.29) is 16.7 Å². The van der Waals surface area contributed by atoms with Crippen LogP contribution in [0.25, 0.3) is 110 Å². The Hall–Kier alpha value is -8.31. The van der Waals surface area contributed by atoms with E-state index in [9.17, 15) is 0 Å². The van der Waals surface area contributed by atoms with E-state index in [1.165, 1.54) is 27.2 Å². The van der Waals surface area contributed by atoms with Crippen LogP contribution in [0.15, 0.2) is 194 Å². The van der Waals surface area contributed by atoms with Gasteiger partial charge in [-0.25, -0.2) is 0 Å². The Morgan fingerprint density at radius 1 is 0.548 bits per heavy atom. The number of hydrogen-bond acceptors (Lipinski definition) is 2. The van der Waals surface area contributed by atoms with Gasteiger partial charge in [-0.1, -0.05) is 36.4 Å². The summed E-state index contributed by atoms with van der Waals surface area (Å²) in [5.74, 6) is 1.18. The number of pyridine rings is 1. The minimum absolute atomic E-state index is 0.0426. The molecule has 0 aliphatic rings. The summed E-state index contributed by atoms with van der Waals surface area (Å²) in [6.45, 7) is 6.32. The van der Waals surface area contributed by atoms with Crippen molar-refractivity contribution in [2.24, 2.45) is 0 Å². The Morgan fingerprint density at radius 2 is 1.19 bits per heavy atom. The fourth-order valence-electron chi connectivity index (χ4n) is 11.1. The number of aromatic nitrogens is 5. The van der Waals surface area contributed by atoms with E-state index in [0.29, 0.717) is 11.4 Å². The Bertz CT molecular complexity index is 4670. The van der Waals surface area contributed by atoms with Crippen LogP contribution < -0.4 is 4.74 Å². The molecule has 0 amide bonds. The Kier molecular flexibility index (Phi) is 9.03. The molecule has 0 saturated heterocycles. The van der Waals surface area contributed by atoms with Crippen LogP contribution in [0.1, 0.15) is 41.6 Å². The van der Waals surface area contributed by atoms with Crippen molar-refractivity contribution < 1.29 is 28.2 Å². The summed E-state index contributed by atoms with van der Waals surface area (Å²) >= 11 is 2.42. The van der Waals surface area contributed by atoms with Crippen LogP contribution >= 0.6 is 0 Å². The molecule has 6 nitrogen and oxygen atoms in total. The number of rotatable bonds is 7.